The van der Waals surface area contributed by atoms with Crippen molar-refractivity contribution in [2.75, 3.05) is 13.2 Å². The predicted molar refractivity (Wildman–Crippen MR) is 113 cm³/mol. The average Bonchev–Trinajstić information content (AvgIpc) is 2.67. The van der Waals surface area contributed by atoms with Gasteiger partial charge in [-0.15, -0.1) is 0 Å². The zero-order valence-electron chi connectivity index (χ0n) is 18.4. The number of esters is 1. The maximum absolute atomic E-state index is 13.0. The first-order valence-corrected chi connectivity index (χ1v) is 10.3. The minimum Gasteiger partial charge on any atom is -0.493 e. The molecule has 0 aromatic heterocycles. The zero-order chi connectivity index (χ0) is 23.1. The lowest BCUT2D eigenvalue weighted by molar-refractivity contribution is -0.385. The third-order valence-electron chi connectivity index (χ3n) is 4.42. The van der Waals surface area contributed by atoms with Crippen molar-refractivity contribution in [2.45, 2.75) is 59.6 Å². The second-order valence-corrected chi connectivity index (χ2v) is 7.11. The Bertz CT molecular complexity index is 880. The molecule has 0 radical (unpaired) electrons. The van der Waals surface area contributed by atoms with Crippen molar-refractivity contribution in [2.24, 2.45) is 0 Å². The van der Waals surface area contributed by atoms with Gasteiger partial charge in [0, 0.05) is 23.4 Å². The van der Waals surface area contributed by atoms with Gasteiger partial charge in [-0.05, 0) is 34.1 Å². The smallest absolute Gasteiger partial charge is 0.338 e. The van der Waals surface area contributed by atoms with Crippen molar-refractivity contribution in [1.82, 2.24) is 10.6 Å². The number of carbonyl (C=O) groups is 2. The molecule has 0 saturated carbocycles. The topological polar surface area (TPSA) is 129 Å². The normalized spacial score (nSPS) is 15.9. The van der Waals surface area contributed by atoms with Gasteiger partial charge in [-0.1, -0.05) is 13.3 Å². The summed E-state index contributed by atoms with van der Waals surface area (Å²) in [5, 5.41) is 17.0. The van der Waals surface area contributed by atoms with Crippen LogP contribution in [-0.4, -0.2) is 36.2 Å². The molecule has 2 N–H and O–H groups in total. The van der Waals surface area contributed by atoms with Gasteiger partial charge in [0.1, 0.15) is 5.75 Å². The number of allylic oxidation sites excluding steroid dienone is 1. The fourth-order valence-electron chi connectivity index (χ4n) is 3.30. The molecule has 1 aliphatic heterocycles. The Balaban J connectivity index is 2.74. The van der Waals surface area contributed by atoms with Gasteiger partial charge in [0.15, 0.2) is 0 Å². The molecule has 170 valence electrons. The summed E-state index contributed by atoms with van der Waals surface area (Å²) in [5.74, 6) is -0.298. The molecule has 2 amide bonds. The van der Waals surface area contributed by atoms with Crippen LogP contribution in [0.2, 0.25) is 0 Å². The van der Waals surface area contributed by atoms with E-state index in [0.29, 0.717) is 18.5 Å². The number of hydrogen-bond donors (Lipinski definition) is 2. The molecule has 31 heavy (non-hydrogen) atoms. The number of carbonyl (C=O) groups excluding carboxylic acids is 2. The fourth-order valence-corrected chi connectivity index (χ4v) is 3.30. The number of nitrogens with one attached hydrogen (secondary N) is 2. The van der Waals surface area contributed by atoms with E-state index in [0.717, 1.165) is 0 Å². The Kier molecular flexibility index (Phi) is 8.23. The summed E-state index contributed by atoms with van der Waals surface area (Å²) in [6.45, 7) is 9.32. The maximum atomic E-state index is 13.0. The van der Waals surface area contributed by atoms with Gasteiger partial charge in [0.25, 0.3) is 0 Å². The predicted octanol–water partition coefficient (Wildman–Crippen LogP) is 3.75. The highest BCUT2D eigenvalue weighted by Gasteiger charge is 2.37. The van der Waals surface area contributed by atoms with Crippen LogP contribution in [0.5, 0.6) is 11.5 Å². The molecular formula is C21H29N3O7. The number of rotatable bonds is 10. The third-order valence-corrected chi connectivity index (χ3v) is 4.42. The lowest BCUT2D eigenvalue weighted by Gasteiger charge is -2.30. The van der Waals surface area contributed by atoms with E-state index in [1.807, 2.05) is 6.92 Å². The van der Waals surface area contributed by atoms with Crippen LogP contribution in [-0.2, 0) is 9.53 Å². The van der Waals surface area contributed by atoms with E-state index in [1.54, 1.807) is 27.7 Å². The van der Waals surface area contributed by atoms with E-state index in [9.17, 15) is 19.7 Å². The lowest BCUT2D eigenvalue weighted by Crippen LogP contribution is -2.46. The van der Waals surface area contributed by atoms with Crippen molar-refractivity contribution in [3.8, 4) is 11.5 Å². The number of benzene rings is 1. The monoisotopic (exact) mass is 435 g/mol. The Morgan fingerprint density at radius 3 is 2.35 bits per heavy atom. The number of nitrogens with zero attached hydrogens (tertiary/aromatic N) is 1. The van der Waals surface area contributed by atoms with Gasteiger partial charge in [-0.25, -0.2) is 9.59 Å². The maximum Gasteiger partial charge on any atom is 0.338 e. The first-order valence-electron chi connectivity index (χ1n) is 10.3. The minimum atomic E-state index is -0.988. The summed E-state index contributed by atoms with van der Waals surface area (Å²) in [4.78, 5) is 36.4. The Hall–Kier alpha value is -3.30. The Labute approximate surface area is 181 Å². The van der Waals surface area contributed by atoms with Crippen LogP contribution < -0.4 is 20.1 Å². The highest BCUT2D eigenvalue weighted by atomic mass is 16.6. The van der Waals surface area contributed by atoms with Crippen LogP contribution in [0.3, 0.4) is 0 Å². The average molecular weight is 435 g/mol. The summed E-state index contributed by atoms with van der Waals surface area (Å²) in [7, 11) is 0. The molecule has 1 aliphatic rings. The van der Waals surface area contributed by atoms with Crippen LogP contribution in [0.25, 0.3) is 0 Å². The Morgan fingerprint density at radius 1 is 1.16 bits per heavy atom. The van der Waals surface area contributed by atoms with Crippen molar-refractivity contribution in [3.05, 3.63) is 39.1 Å². The molecule has 10 nitrogen and oxygen atoms in total. The standard InChI is InChI=1S/C21H29N3O7/c1-6-9-14-18(20(25)31-12(4)5)19(23-21(26)22-14)13-10-15(24(27)28)17(30-8-3)11-16(13)29-7-2/h10-12,19H,6-9H2,1-5H3,(H2,22,23,26). The van der Waals surface area contributed by atoms with E-state index < -0.39 is 23.0 Å². The first kappa shape index (κ1) is 24.0. The second kappa shape index (κ2) is 10.6. The summed E-state index contributed by atoms with van der Waals surface area (Å²) >= 11 is 0. The number of nitro groups is 1. The van der Waals surface area contributed by atoms with Crippen molar-refractivity contribution >= 4 is 17.7 Å². The van der Waals surface area contributed by atoms with E-state index in [1.165, 1.54) is 12.1 Å². The van der Waals surface area contributed by atoms with E-state index in [-0.39, 0.29) is 47.6 Å². The second-order valence-electron chi connectivity index (χ2n) is 7.11. The molecule has 0 bridgehead atoms. The lowest BCUT2D eigenvalue weighted by atomic mass is 9.92. The molecular weight excluding hydrogens is 406 g/mol. The van der Waals surface area contributed by atoms with Gasteiger partial charge in [-0.2, -0.15) is 0 Å². The van der Waals surface area contributed by atoms with Crippen molar-refractivity contribution < 1.29 is 28.7 Å². The molecule has 1 aromatic rings. The summed E-state index contributed by atoms with van der Waals surface area (Å²) < 4.78 is 16.5. The van der Waals surface area contributed by atoms with Gasteiger partial charge < -0.3 is 24.8 Å². The fraction of sp³-hybridized carbons (Fsp3) is 0.524. The molecule has 0 saturated heterocycles. The SMILES string of the molecule is CCCC1=C(C(=O)OC(C)C)C(c2cc([N+](=O)[O-])c(OCC)cc2OCC)NC(=O)N1. The number of hydrogen-bond acceptors (Lipinski definition) is 7. The molecule has 1 heterocycles. The van der Waals surface area contributed by atoms with Gasteiger partial charge >= 0.3 is 17.7 Å². The van der Waals surface area contributed by atoms with Gasteiger partial charge in [-0.3, -0.25) is 10.1 Å². The van der Waals surface area contributed by atoms with Gasteiger partial charge in [0.05, 0.1) is 35.9 Å². The molecule has 0 spiro atoms. The van der Waals surface area contributed by atoms with Crippen molar-refractivity contribution in [3.63, 3.8) is 0 Å². The van der Waals surface area contributed by atoms with E-state index >= 15 is 0 Å². The molecule has 10 heteroatoms. The number of ether oxygens (including phenoxy) is 3. The largest absolute Gasteiger partial charge is 0.493 e. The molecule has 2 rings (SSSR count). The summed E-state index contributed by atoms with van der Waals surface area (Å²) in [6.07, 6.45) is 0.708. The number of nitro benzene ring substituents is 1. The van der Waals surface area contributed by atoms with Crippen LogP contribution >= 0.6 is 0 Å². The highest BCUT2D eigenvalue weighted by Crippen LogP contribution is 2.41. The highest BCUT2D eigenvalue weighted by molar-refractivity contribution is 5.95. The number of amides is 2. The van der Waals surface area contributed by atoms with Crippen LogP contribution in [0.1, 0.15) is 59.1 Å². The van der Waals surface area contributed by atoms with Crippen molar-refractivity contribution in [1.29, 1.82) is 0 Å². The van der Waals surface area contributed by atoms with E-state index in [2.05, 4.69) is 10.6 Å². The zero-order valence-corrected chi connectivity index (χ0v) is 18.4. The van der Waals surface area contributed by atoms with Crippen LogP contribution in [0.4, 0.5) is 10.5 Å². The first-order chi connectivity index (χ1) is 14.7. The third kappa shape index (κ3) is 5.65. The summed E-state index contributed by atoms with van der Waals surface area (Å²) in [6, 6.07) is 1.18. The molecule has 0 fully saturated rings. The molecule has 1 unspecified atom stereocenters. The molecule has 0 aliphatic carbocycles. The van der Waals surface area contributed by atoms with Crippen LogP contribution in [0, 0.1) is 10.1 Å². The minimum absolute atomic E-state index is 0.0454. The quantitative estimate of drug-likeness (QED) is 0.325. The number of urea groups is 1. The molecule has 1 atom stereocenters. The van der Waals surface area contributed by atoms with E-state index in [4.69, 9.17) is 14.2 Å². The van der Waals surface area contributed by atoms with Gasteiger partial charge in [0.2, 0.25) is 5.75 Å². The Morgan fingerprint density at radius 2 is 1.81 bits per heavy atom. The van der Waals surface area contributed by atoms with Crippen LogP contribution in [0.15, 0.2) is 23.4 Å². The molecule has 1 aromatic carbocycles. The summed E-state index contributed by atoms with van der Waals surface area (Å²) in [5.41, 5.74) is 0.591.